The van der Waals surface area contributed by atoms with Gasteiger partial charge in [0.25, 0.3) is 0 Å². The standard InChI is InChI=1S/C5H3BrN2O2.C4H2Br2O3.C2H6O.C2H5O.CH4N2.ClH.Na/c6-3-1-7-2-8-4(3)5(9)10;5-2(1-7)3(6)4(8)9;2*1-2-3;2-1-3;;/h1-2H,(H,9,10);1H,(H,8,9);3H,2H2,1H3;2H2,1H3;1H,(H3,2,3);1H;/q;;;-1;;;+1/b;3-2-;;;;;. The van der Waals surface area contributed by atoms with Crippen LogP contribution in [0.1, 0.15) is 24.3 Å². The molecule has 0 fully saturated rings. The van der Waals surface area contributed by atoms with Gasteiger partial charge in [0, 0.05) is 12.8 Å². The number of rotatable bonds is 3. The van der Waals surface area contributed by atoms with Crippen LogP contribution in [-0.2, 0) is 9.59 Å². The van der Waals surface area contributed by atoms with Crippen molar-refractivity contribution in [3.05, 3.63) is 31.7 Å². The number of aliphatic hydroxyl groups is 1. The van der Waals surface area contributed by atoms with Gasteiger partial charge >= 0.3 is 41.5 Å². The molecule has 0 saturated heterocycles. The number of nitrogens with two attached hydrogens (primary N) is 1. The van der Waals surface area contributed by atoms with Gasteiger partial charge in [0.2, 0.25) is 0 Å². The van der Waals surface area contributed by atoms with Gasteiger partial charge in [-0.25, -0.2) is 19.6 Å². The van der Waals surface area contributed by atoms with Gasteiger partial charge < -0.3 is 26.2 Å². The molecule has 30 heavy (non-hydrogen) atoms. The van der Waals surface area contributed by atoms with Crippen molar-refractivity contribution < 1.29 is 64.4 Å². The molecule has 0 saturated carbocycles. The van der Waals surface area contributed by atoms with E-state index in [0.29, 0.717) is 10.8 Å². The van der Waals surface area contributed by atoms with Crippen LogP contribution in [0.4, 0.5) is 0 Å². The third-order valence-corrected chi connectivity index (χ3v) is 3.83. The van der Waals surface area contributed by atoms with Crippen LogP contribution in [0.5, 0.6) is 0 Å². The maximum atomic E-state index is 10.3. The van der Waals surface area contributed by atoms with E-state index in [4.69, 9.17) is 25.8 Å². The first-order chi connectivity index (χ1) is 13.0. The number of allylic oxidation sites excluding steroid dienone is 1. The first-order valence-corrected chi connectivity index (χ1v) is 9.25. The Kier molecular flexibility index (Phi) is 48.1. The van der Waals surface area contributed by atoms with Crippen LogP contribution in [0.25, 0.3) is 0 Å². The van der Waals surface area contributed by atoms with Crippen molar-refractivity contribution >= 4 is 84.8 Å². The van der Waals surface area contributed by atoms with Crippen molar-refractivity contribution in [1.82, 2.24) is 9.97 Å². The second-order valence-corrected chi connectivity index (χ2v) is 5.88. The van der Waals surface area contributed by atoms with Crippen LogP contribution in [0.15, 0.2) is 26.0 Å². The molecule has 1 aromatic heterocycles. The van der Waals surface area contributed by atoms with Gasteiger partial charge in [-0.1, -0.05) is 6.92 Å². The fourth-order valence-electron chi connectivity index (χ4n) is 0.624. The largest absolute Gasteiger partial charge is 1.00 e. The van der Waals surface area contributed by atoms with Gasteiger partial charge in [-0.3, -0.25) is 10.2 Å². The molecule has 168 valence electrons. The van der Waals surface area contributed by atoms with E-state index in [1.54, 1.807) is 13.8 Å². The molecule has 0 spiro atoms. The summed E-state index contributed by atoms with van der Waals surface area (Å²) in [4.78, 5) is 37.3. The smallest absolute Gasteiger partial charge is 0.855 e. The number of aromatic nitrogens is 2. The molecular formula is C14H21Br3ClN4NaO7. The quantitative estimate of drug-likeness (QED) is 0.0841. The molecule has 0 atom stereocenters. The zero-order chi connectivity index (χ0) is 23.1. The number of aromatic carboxylic acids is 1. The number of carbonyl (C=O) groups excluding carboxylic acids is 1. The number of nitrogens with zero attached hydrogens (tertiary/aromatic N) is 2. The maximum absolute atomic E-state index is 10.3. The predicted octanol–water partition coefficient (Wildman–Crippen LogP) is -1.45. The number of aliphatic hydroxyl groups excluding tert-OH is 1. The Morgan fingerprint density at radius 2 is 1.67 bits per heavy atom. The fourth-order valence-corrected chi connectivity index (χ4v) is 1.28. The molecule has 1 aromatic rings. The van der Waals surface area contributed by atoms with Gasteiger partial charge in [-0.2, -0.15) is 0 Å². The Morgan fingerprint density at radius 3 is 1.83 bits per heavy atom. The number of hydrogen-bond donors (Lipinski definition) is 5. The van der Waals surface area contributed by atoms with Gasteiger partial charge in [-0.05, 0) is 54.7 Å². The van der Waals surface area contributed by atoms with Gasteiger partial charge in [-0.15, -0.1) is 19.0 Å². The first kappa shape index (κ1) is 43.4. The summed E-state index contributed by atoms with van der Waals surface area (Å²) in [5.74, 6) is -2.23. The average Bonchev–Trinajstić information content (AvgIpc) is 2.63. The van der Waals surface area contributed by atoms with Crippen LogP contribution in [0, 0.1) is 5.41 Å². The van der Waals surface area contributed by atoms with E-state index in [9.17, 15) is 14.4 Å². The summed E-state index contributed by atoms with van der Waals surface area (Å²) in [6.07, 6.45) is 3.73. The van der Waals surface area contributed by atoms with Gasteiger partial charge in [0.1, 0.15) is 10.8 Å². The molecule has 1 rings (SSSR count). The molecule has 16 heteroatoms. The molecule has 0 aromatic carbocycles. The Bertz CT molecular complexity index is 627. The van der Waals surface area contributed by atoms with E-state index >= 15 is 0 Å². The molecule has 0 unspecified atom stereocenters. The summed E-state index contributed by atoms with van der Waals surface area (Å²) >= 11 is 8.39. The molecule has 0 amide bonds. The Hall–Kier alpha value is -0.450. The van der Waals surface area contributed by atoms with E-state index in [1.807, 2.05) is 0 Å². The molecule has 1 heterocycles. The molecule has 0 aliphatic heterocycles. The fraction of sp³-hybridized carbons (Fsp3) is 0.286. The van der Waals surface area contributed by atoms with Crippen LogP contribution in [0.2, 0.25) is 0 Å². The molecule has 0 radical (unpaired) electrons. The van der Waals surface area contributed by atoms with Crippen LogP contribution < -0.4 is 40.4 Å². The van der Waals surface area contributed by atoms with Crippen molar-refractivity contribution in [2.45, 2.75) is 13.8 Å². The van der Waals surface area contributed by atoms with Gasteiger partial charge in [0.05, 0.1) is 15.3 Å². The predicted molar refractivity (Wildman–Crippen MR) is 119 cm³/mol. The minimum Gasteiger partial charge on any atom is -0.855 e. The summed E-state index contributed by atoms with van der Waals surface area (Å²) in [5, 5.41) is 39.0. The van der Waals surface area contributed by atoms with Crippen molar-refractivity contribution in [3.63, 3.8) is 0 Å². The molecule has 0 bridgehead atoms. The number of hydrogen-bond acceptors (Lipinski definition) is 8. The van der Waals surface area contributed by atoms with E-state index in [1.165, 1.54) is 12.5 Å². The summed E-state index contributed by atoms with van der Waals surface area (Å²) in [6, 6.07) is 0. The first-order valence-electron chi connectivity index (χ1n) is 6.87. The summed E-state index contributed by atoms with van der Waals surface area (Å²) < 4.78 is 0.218. The van der Waals surface area contributed by atoms with Crippen molar-refractivity contribution in [2.75, 3.05) is 13.2 Å². The number of aliphatic carboxylic acids is 1. The van der Waals surface area contributed by atoms with Gasteiger partial charge in [0.15, 0.2) is 12.0 Å². The van der Waals surface area contributed by atoms with Crippen molar-refractivity contribution in [2.24, 2.45) is 5.73 Å². The zero-order valence-electron chi connectivity index (χ0n) is 16.2. The Labute approximate surface area is 227 Å². The average molecular weight is 655 g/mol. The van der Waals surface area contributed by atoms with Crippen LogP contribution >= 0.6 is 60.2 Å². The summed E-state index contributed by atoms with van der Waals surface area (Å²) in [5.41, 5.74) is 4.37. The topological polar surface area (TPSA) is 211 Å². The SMILES string of the molecule is CCO.CC[O-].Cl.N=CN.O=C(O)c1ncncc1Br.O=C/C(Br)=C(/Br)C(=O)O.[Na+]. The molecule has 6 N–H and O–H groups in total. The van der Waals surface area contributed by atoms with Crippen LogP contribution in [0.3, 0.4) is 0 Å². The molecule has 11 nitrogen and oxygen atoms in total. The maximum Gasteiger partial charge on any atom is 1.00 e. The summed E-state index contributed by atoms with van der Waals surface area (Å²) in [7, 11) is 0. The number of halogens is 4. The molecular weight excluding hydrogens is 634 g/mol. The Balaban J connectivity index is -0.0000000662. The molecule has 0 aliphatic carbocycles. The normalized spacial score (nSPS) is 8.37. The summed E-state index contributed by atoms with van der Waals surface area (Å²) in [6.45, 7) is 3.50. The van der Waals surface area contributed by atoms with E-state index in [0.717, 1.165) is 6.34 Å². The number of carboxylic acids is 2. The monoisotopic (exact) mass is 652 g/mol. The Morgan fingerprint density at radius 1 is 1.30 bits per heavy atom. The van der Waals surface area contributed by atoms with E-state index in [2.05, 4.69) is 63.5 Å². The van der Waals surface area contributed by atoms with Crippen molar-refractivity contribution in [3.8, 4) is 0 Å². The van der Waals surface area contributed by atoms with E-state index < -0.39 is 11.9 Å². The third-order valence-electron chi connectivity index (χ3n) is 1.37. The third kappa shape index (κ3) is 32.2. The molecule has 0 aliphatic rings. The number of nitrogens with one attached hydrogen (secondary N) is 1. The number of carbonyl (C=O) groups is 3. The minimum absolute atomic E-state index is 0. The van der Waals surface area contributed by atoms with E-state index in [-0.39, 0.29) is 69.8 Å². The zero-order valence-corrected chi connectivity index (χ0v) is 23.8. The number of carboxylic acid groups (broad SMARTS) is 2. The second-order valence-electron chi connectivity index (χ2n) is 3.38. The second kappa shape index (κ2) is 33.2. The number of aldehydes is 1. The minimum atomic E-state index is -1.17. The van der Waals surface area contributed by atoms with Crippen molar-refractivity contribution in [1.29, 1.82) is 5.41 Å². The van der Waals surface area contributed by atoms with Crippen LogP contribution in [-0.4, -0.2) is 63.1 Å².